The fourth-order valence-corrected chi connectivity index (χ4v) is 1.95. The van der Waals surface area contributed by atoms with Crippen molar-refractivity contribution >= 4 is 6.09 Å². The van der Waals surface area contributed by atoms with Crippen molar-refractivity contribution in [1.82, 2.24) is 15.1 Å². The summed E-state index contributed by atoms with van der Waals surface area (Å²) in [5.41, 5.74) is 2.85. The quantitative estimate of drug-likeness (QED) is 0.751. The Morgan fingerprint density at radius 3 is 2.82 bits per heavy atom. The van der Waals surface area contributed by atoms with Crippen LogP contribution in [0.2, 0.25) is 0 Å². The lowest BCUT2D eigenvalue weighted by Gasteiger charge is -2.29. The monoisotopic (exact) mass is 237 g/mol. The van der Waals surface area contributed by atoms with Gasteiger partial charge in [0.15, 0.2) is 0 Å². The molecule has 2 rings (SSSR count). The van der Waals surface area contributed by atoms with E-state index in [0.717, 1.165) is 17.8 Å². The van der Waals surface area contributed by atoms with Crippen molar-refractivity contribution in [3.05, 3.63) is 17.0 Å². The molecule has 0 aromatic carbocycles. The molecule has 5 heteroatoms. The number of aromatic nitrogens is 2. The molecule has 0 saturated heterocycles. The maximum absolute atomic E-state index is 11.9. The largest absolute Gasteiger partial charge is 0.444 e. The molecule has 94 valence electrons. The average molecular weight is 237 g/mol. The number of nitrogens with one attached hydrogen (secondary N) is 1. The normalized spacial score (nSPS) is 15.6. The maximum atomic E-state index is 11.9. The molecule has 0 saturated carbocycles. The molecule has 0 aliphatic carbocycles. The zero-order valence-electron chi connectivity index (χ0n) is 10.8. The molecule has 0 unspecified atom stereocenters. The molecule has 1 aliphatic heterocycles. The Morgan fingerprint density at radius 2 is 2.18 bits per heavy atom. The van der Waals surface area contributed by atoms with Gasteiger partial charge >= 0.3 is 6.09 Å². The third kappa shape index (κ3) is 2.60. The van der Waals surface area contributed by atoms with Crippen molar-refractivity contribution in [3.63, 3.8) is 0 Å². The smallest absolute Gasteiger partial charge is 0.410 e. The lowest BCUT2D eigenvalue weighted by atomic mass is 10.1. The molecule has 1 aromatic heterocycles. The van der Waals surface area contributed by atoms with Crippen LogP contribution in [-0.4, -0.2) is 33.3 Å². The summed E-state index contributed by atoms with van der Waals surface area (Å²) >= 11 is 0. The van der Waals surface area contributed by atoms with Gasteiger partial charge < -0.3 is 9.64 Å². The zero-order valence-corrected chi connectivity index (χ0v) is 10.8. The first-order chi connectivity index (χ1) is 7.87. The molecule has 1 N–H and O–H groups in total. The van der Waals surface area contributed by atoms with Crippen LogP contribution in [0.5, 0.6) is 0 Å². The summed E-state index contributed by atoms with van der Waals surface area (Å²) in [6, 6.07) is 0. The number of ether oxygens (including phenoxy) is 1. The standard InChI is InChI=1S/C12H19N3O2/c1-8-9-5-6-15(7-10(9)14-13-8)11(16)17-12(2,3)4/h5-7H2,1-4H3,(H,13,14). The molecular formula is C12H19N3O2. The van der Waals surface area contributed by atoms with Crippen molar-refractivity contribution in [3.8, 4) is 0 Å². The van der Waals surface area contributed by atoms with Gasteiger partial charge in [-0.25, -0.2) is 4.79 Å². The van der Waals surface area contributed by atoms with E-state index in [9.17, 15) is 4.79 Å². The highest BCUT2D eigenvalue weighted by Gasteiger charge is 2.27. The molecule has 17 heavy (non-hydrogen) atoms. The van der Waals surface area contributed by atoms with Gasteiger partial charge in [-0.1, -0.05) is 0 Å². The molecule has 0 spiro atoms. The third-order valence-electron chi connectivity index (χ3n) is 2.78. The molecule has 0 radical (unpaired) electrons. The summed E-state index contributed by atoms with van der Waals surface area (Å²) < 4.78 is 5.35. The van der Waals surface area contributed by atoms with Crippen LogP contribution in [0.15, 0.2) is 0 Å². The van der Waals surface area contributed by atoms with Crippen LogP contribution >= 0.6 is 0 Å². The summed E-state index contributed by atoms with van der Waals surface area (Å²) in [5, 5.41) is 7.17. The highest BCUT2D eigenvalue weighted by molar-refractivity contribution is 5.68. The Labute approximate surface area is 101 Å². The summed E-state index contributed by atoms with van der Waals surface area (Å²) in [7, 11) is 0. The highest BCUT2D eigenvalue weighted by atomic mass is 16.6. The topological polar surface area (TPSA) is 58.2 Å². The van der Waals surface area contributed by atoms with Gasteiger partial charge in [-0.15, -0.1) is 0 Å². The van der Waals surface area contributed by atoms with Crippen molar-refractivity contribution < 1.29 is 9.53 Å². The van der Waals surface area contributed by atoms with Crippen LogP contribution in [0.25, 0.3) is 0 Å². The molecule has 1 aromatic rings. The number of fused-ring (bicyclic) bond motifs is 1. The van der Waals surface area contributed by atoms with Crippen LogP contribution in [0.4, 0.5) is 4.79 Å². The van der Waals surface area contributed by atoms with Crippen molar-refractivity contribution in [1.29, 1.82) is 0 Å². The number of hydrogen-bond acceptors (Lipinski definition) is 3. The molecule has 0 bridgehead atoms. The second-order valence-electron chi connectivity index (χ2n) is 5.43. The second-order valence-corrected chi connectivity index (χ2v) is 5.43. The van der Waals surface area contributed by atoms with Crippen molar-refractivity contribution in [2.24, 2.45) is 0 Å². The van der Waals surface area contributed by atoms with E-state index < -0.39 is 5.60 Å². The number of carbonyl (C=O) groups excluding carboxylic acids is 1. The number of hydrogen-bond donors (Lipinski definition) is 1. The zero-order chi connectivity index (χ0) is 12.6. The lowest BCUT2D eigenvalue weighted by molar-refractivity contribution is 0.0221. The number of nitrogens with zero attached hydrogens (tertiary/aromatic N) is 2. The van der Waals surface area contributed by atoms with E-state index in [2.05, 4.69) is 10.2 Å². The Kier molecular flexibility index (Phi) is 2.85. The number of rotatable bonds is 0. The molecule has 5 nitrogen and oxygen atoms in total. The first kappa shape index (κ1) is 12.0. The van der Waals surface area contributed by atoms with Crippen LogP contribution in [0.3, 0.4) is 0 Å². The van der Waals surface area contributed by atoms with E-state index >= 15 is 0 Å². The van der Waals surface area contributed by atoms with E-state index in [-0.39, 0.29) is 6.09 Å². The van der Waals surface area contributed by atoms with Crippen molar-refractivity contribution in [2.75, 3.05) is 6.54 Å². The Hall–Kier alpha value is -1.52. The minimum atomic E-state index is -0.446. The Balaban J connectivity index is 2.05. The molecular weight excluding hydrogens is 218 g/mol. The summed E-state index contributed by atoms with van der Waals surface area (Å²) in [6.07, 6.45) is 0.584. The maximum Gasteiger partial charge on any atom is 0.410 e. The Morgan fingerprint density at radius 1 is 1.47 bits per heavy atom. The molecule has 0 fully saturated rings. The molecule has 0 atom stereocenters. The van der Waals surface area contributed by atoms with Gasteiger partial charge in [0, 0.05) is 12.2 Å². The number of H-pyrrole nitrogens is 1. The first-order valence-corrected chi connectivity index (χ1v) is 5.87. The third-order valence-corrected chi connectivity index (χ3v) is 2.78. The van der Waals surface area contributed by atoms with Gasteiger partial charge in [0.1, 0.15) is 5.60 Å². The highest BCUT2D eigenvalue weighted by Crippen LogP contribution is 2.21. The molecule has 1 aliphatic rings. The first-order valence-electron chi connectivity index (χ1n) is 5.87. The summed E-state index contributed by atoms with van der Waals surface area (Å²) in [6.45, 7) is 8.86. The van der Waals surface area contributed by atoms with Crippen molar-refractivity contribution in [2.45, 2.75) is 46.3 Å². The van der Waals surface area contributed by atoms with Gasteiger partial charge in [-0.2, -0.15) is 5.10 Å². The number of carbonyl (C=O) groups is 1. The summed E-state index contributed by atoms with van der Waals surface area (Å²) in [4.78, 5) is 13.6. The minimum absolute atomic E-state index is 0.260. The molecule has 1 amide bonds. The lowest BCUT2D eigenvalue weighted by Crippen LogP contribution is -2.39. The second kappa shape index (κ2) is 4.05. The van der Waals surface area contributed by atoms with Gasteiger partial charge in [-0.3, -0.25) is 5.10 Å². The predicted molar refractivity (Wildman–Crippen MR) is 63.7 cm³/mol. The fourth-order valence-electron chi connectivity index (χ4n) is 1.95. The van der Waals surface area contributed by atoms with Crippen LogP contribution in [0, 0.1) is 6.92 Å². The van der Waals surface area contributed by atoms with Gasteiger partial charge in [0.05, 0.1) is 12.2 Å². The van der Waals surface area contributed by atoms with Crippen LogP contribution in [0.1, 0.15) is 37.7 Å². The van der Waals surface area contributed by atoms with E-state index in [1.54, 1.807) is 4.90 Å². The average Bonchev–Trinajstić information content (AvgIpc) is 2.57. The Bertz CT molecular complexity index is 431. The minimum Gasteiger partial charge on any atom is -0.444 e. The van der Waals surface area contributed by atoms with Gasteiger partial charge in [0.25, 0.3) is 0 Å². The predicted octanol–water partition coefficient (Wildman–Crippen LogP) is 2.01. The fraction of sp³-hybridized carbons (Fsp3) is 0.667. The molecule has 2 heterocycles. The van der Waals surface area contributed by atoms with Crippen LogP contribution in [-0.2, 0) is 17.7 Å². The number of aryl methyl sites for hydroxylation is 1. The van der Waals surface area contributed by atoms with Gasteiger partial charge in [-0.05, 0) is 39.7 Å². The van der Waals surface area contributed by atoms with E-state index in [1.165, 1.54) is 5.56 Å². The van der Waals surface area contributed by atoms with Gasteiger partial charge in [0.2, 0.25) is 0 Å². The number of aromatic amines is 1. The summed E-state index contributed by atoms with van der Waals surface area (Å²) in [5.74, 6) is 0. The van der Waals surface area contributed by atoms with E-state index in [4.69, 9.17) is 4.74 Å². The number of amides is 1. The SMILES string of the molecule is Cc1[nH]nc2c1CCN(C(=O)OC(C)(C)C)C2. The van der Waals surface area contributed by atoms with E-state index in [0.29, 0.717) is 13.1 Å². The van der Waals surface area contributed by atoms with E-state index in [1.807, 2.05) is 27.7 Å². The van der Waals surface area contributed by atoms with Crippen LogP contribution < -0.4 is 0 Å².